The van der Waals surface area contributed by atoms with Gasteiger partial charge in [-0.05, 0) is 59.0 Å². The number of amides is 1. The summed E-state index contributed by atoms with van der Waals surface area (Å²) in [7, 11) is 0. The fourth-order valence-corrected chi connectivity index (χ4v) is 3.37. The molecule has 1 saturated heterocycles. The first kappa shape index (κ1) is 15.6. The molecule has 1 amide bonds. The van der Waals surface area contributed by atoms with Gasteiger partial charge in [-0.2, -0.15) is 0 Å². The zero-order valence-electron chi connectivity index (χ0n) is 12.0. The zero-order valence-corrected chi connectivity index (χ0v) is 14.9. The molecule has 1 heterocycles. The fourth-order valence-electron chi connectivity index (χ4n) is 2.64. The highest BCUT2D eigenvalue weighted by Crippen LogP contribution is 2.21. The van der Waals surface area contributed by atoms with Crippen LogP contribution in [0.2, 0.25) is 5.02 Å². The third kappa shape index (κ3) is 3.55. The van der Waals surface area contributed by atoms with E-state index in [1.54, 1.807) is 0 Å². The van der Waals surface area contributed by atoms with Crippen molar-refractivity contribution in [1.82, 2.24) is 4.90 Å². The zero-order chi connectivity index (χ0) is 15.5. The smallest absolute Gasteiger partial charge is 0.254 e. The molecule has 0 spiro atoms. The van der Waals surface area contributed by atoms with E-state index in [9.17, 15) is 4.79 Å². The Labute approximate surface area is 149 Å². The Bertz CT molecular complexity index is 684. The van der Waals surface area contributed by atoms with E-state index in [1.807, 2.05) is 47.4 Å². The Kier molecular flexibility index (Phi) is 4.88. The molecule has 0 radical (unpaired) electrons. The summed E-state index contributed by atoms with van der Waals surface area (Å²) in [6.07, 6.45) is 0. The van der Waals surface area contributed by atoms with Crippen LogP contribution in [0.25, 0.3) is 0 Å². The molecule has 1 fully saturated rings. The van der Waals surface area contributed by atoms with E-state index in [0.717, 1.165) is 46.0 Å². The molecule has 0 saturated carbocycles. The lowest BCUT2D eigenvalue weighted by Gasteiger charge is -2.36. The molecule has 114 valence electrons. The van der Waals surface area contributed by atoms with Gasteiger partial charge < -0.3 is 9.80 Å². The minimum Gasteiger partial charge on any atom is -0.368 e. The number of carbonyl (C=O) groups is 1. The summed E-state index contributed by atoms with van der Waals surface area (Å²) in [5.74, 6) is 0.115. The van der Waals surface area contributed by atoms with Crippen molar-refractivity contribution in [1.29, 1.82) is 0 Å². The SMILES string of the molecule is O=C(c1cccc(I)c1)N1CCN(c2cccc(Cl)c2)CC1. The van der Waals surface area contributed by atoms with Gasteiger partial charge in [0.1, 0.15) is 0 Å². The van der Waals surface area contributed by atoms with Crippen molar-refractivity contribution in [2.24, 2.45) is 0 Å². The molecule has 0 aromatic heterocycles. The van der Waals surface area contributed by atoms with Crippen molar-refractivity contribution in [3.63, 3.8) is 0 Å². The van der Waals surface area contributed by atoms with Crippen LogP contribution in [0.15, 0.2) is 48.5 Å². The topological polar surface area (TPSA) is 23.6 Å². The van der Waals surface area contributed by atoms with E-state index in [1.165, 1.54) is 0 Å². The van der Waals surface area contributed by atoms with Crippen molar-refractivity contribution >= 4 is 45.8 Å². The van der Waals surface area contributed by atoms with Gasteiger partial charge in [0.25, 0.3) is 5.91 Å². The monoisotopic (exact) mass is 426 g/mol. The van der Waals surface area contributed by atoms with Crippen LogP contribution in [0.5, 0.6) is 0 Å². The molecule has 3 rings (SSSR count). The van der Waals surface area contributed by atoms with Gasteiger partial charge in [-0.15, -0.1) is 0 Å². The van der Waals surface area contributed by atoms with Gasteiger partial charge in [0.05, 0.1) is 0 Å². The Morgan fingerprint density at radius 2 is 1.73 bits per heavy atom. The number of benzene rings is 2. The normalized spacial score (nSPS) is 15.0. The van der Waals surface area contributed by atoms with Crippen LogP contribution < -0.4 is 4.90 Å². The Morgan fingerprint density at radius 3 is 2.41 bits per heavy atom. The molecule has 1 aliphatic heterocycles. The summed E-state index contributed by atoms with van der Waals surface area (Å²) >= 11 is 8.28. The average Bonchev–Trinajstić information content (AvgIpc) is 2.54. The fraction of sp³-hybridized carbons (Fsp3) is 0.235. The minimum absolute atomic E-state index is 0.115. The molecule has 0 unspecified atom stereocenters. The third-order valence-corrected chi connectivity index (χ3v) is 4.72. The van der Waals surface area contributed by atoms with E-state index in [-0.39, 0.29) is 5.91 Å². The Balaban J connectivity index is 1.65. The van der Waals surface area contributed by atoms with Crippen LogP contribution in [0.4, 0.5) is 5.69 Å². The number of carbonyl (C=O) groups excluding carboxylic acids is 1. The van der Waals surface area contributed by atoms with E-state index in [2.05, 4.69) is 33.6 Å². The van der Waals surface area contributed by atoms with Crippen LogP contribution in [-0.2, 0) is 0 Å². The number of halogens is 2. The predicted octanol–water partition coefficient (Wildman–Crippen LogP) is 3.91. The Morgan fingerprint density at radius 1 is 1.00 bits per heavy atom. The molecule has 1 aliphatic rings. The summed E-state index contributed by atoms with van der Waals surface area (Å²) in [5.41, 5.74) is 1.89. The van der Waals surface area contributed by atoms with Gasteiger partial charge in [0, 0.05) is 46.0 Å². The molecule has 22 heavy (non-hydrogen) atoms. The van der Waals surface area contributed by atoms with Crippen molar-refractivity contribution in [2.75, 3.05) is 31.1 Å². The molecular formula is C17H16ClIN2O. The quantitative estimate of drug-likeness (QED) is 0.680. The van der Waals surface area contributed by atoms with Crippen molar-refractivity contribution in [3.8, 4) is 0 Å². The molecule has 2 aromatic carbocycles. The maximum atomic E-state index is 12.5. The van der Waals surface area contributed by atoms with Gasteiger partial charge in [-0.25, -0.2) is 0 Å². The molecule has 0 aliphatic carbocycles. The first-order valence-corrected chi connectivity index (χ1v) is 8.64. The van der Waals surface area contributed by atoms with E-state index >= 15 is 0 Å². The highest BCUT2D eigenvalue weighted by Gasteiger charge is 2.22. The predicted molar refractivity (Wildman–Crippen MR) is 98.7 cm³/mol. The summed E-state index contributed by atoms with van der Waals surface area (Å²) in [6, 6.07) is 15.6. The van der Waals surface area contributed by atoms with Crippen molar-refractivity contribution in [3.05, 3.63) is 62.7 Å². The van der Waals surface area contributed by atoms with E-state index < -0.39 is 0 Å². The number of hydrogen-bond donors (Lipinski definition) is 0. The lowest BCUT2D eigenvalue weighted by atomic mass is 10.1. The largest absolute Gasteiger partial charge is 0.368 e. The number of piperazine rings is 1. The maximum Gasteiger partial charge on any atom is 0.254 e. The van der Waals surface area contributed by atoms with Crippen LogP contribution in [-0.4, -0.2) is 37.0 Å². The van der Waals surface area contributed by atoms with Gasteiger partial charge in [0.15, 0.2) is 0 Å². The van der Waals surface area contributed by atoms with Crippen molar-refractivity contribution < 1.29 is 4.79 Å². The minimum atomic E-state index is 0.115. The average molecular weight is 427 g/mol. The summed E-state index contributed by atoms with van der Waals surface area (Å²) < 4.78 is 1.08. The standard InChI is InChI=1S/C17H16ClIN2O/c18-14-4-2-6-16(12-14)20-7-9-21(10-8-20)17(22)13-3-1-5-15(19)11-13/h1-6,11-12H,7-10H2. The molecule has 5 heteroatoms. The molecule has 2 aromatic rings. The number of anilines is 1. The van der Waals surface area contributed by atoms with Gasteiger partial charge in [-0.1, -0.05) is 23.7 Å². The second kappa shape index (κ2) is 6.87. The number of nitrogens with zero attached hydrogens (tertiary/aromatic N) is 2. The summed E-state index contributed by atoms with van der Waals surface area (Å²) in [6.45, 7) is 3.12. The third-order valence-electron chi connectivity index (χ3n) is 3.81. The highest BCUT2D eigenvalue weighted by molar-refractivity contribution is 14.1. The number of rotatable bonds is 2. The molecule has 3 nitrogen and oxygen atoms in total. The molecule has 0 bridgehead atoms. The highest BCUT2D eigenvalue weighted by atomic mass is 127. The first-order valence-electron chi connectivity index (χ1n) is 7.19. The van der Waals surface area contributed by atoms with Crippen LogP contribution >= 0.6 is 34.2 Å². The molecule has 0 N–H and O–H groups in total. The van der Waals surface area contributed by atoms with Gasteiger partial charge in [-0.3, -0.25) is 4.79 Å². The second-order valence-corrected chi connectivity index (χ2v) is 6.95. The first-order chi connectivity index (χ1) is 10.6. The van der Waals surface area contributed by atoms with Crippen molar-refractivity contribution in [2.45, 2.75) is 0 Å². The maximum absolute atomic E-state index is 12.5. The van der Waals surface area contributed by atoms with Crippen LogP contribution in [0.1, 0.15) is 10.4 Å². The van der Waals surface area contributed by atoms with Gasteiger partial charge in [0.2, 0.25) is 0 Å². The molecule has 0 atom stereocenters. The second-order valence-electron chi connectivity index (χ2n) is 5.27. The number of hydrogen-bond acceptors (Lipinski definition) is 2. The lowest BCUT2D eigenvalue weighted by molar-refractivity contribution is 0.0746. The van der Waals surface area contributed by atoms with Crippen LogP contribution in [0, 0.1) is 3.57 Å². The Hall–Kier alpha value is -1.27. The summed E-state index contributed by atoms with van der Waals surface area (Å²) in [5, 5.41) is 0.745. The molecular weight excluding hydrogens is 411 g/mol. The lowest BCUT2D eigenvalue weighted by Crippen LogP contribution is -2.48. The van der Waals surface area contributed by atoms with E-state index in [0.29, 0.717) is 0 Å². The van der Waals surface area contributed by atoms with Gasteiger partial charge >= 0.3 is 0 Å². The van der Waals surface area contributed by atoms with E-state index in [4.69, 9.17) is 11.6 Å². The van der Waals surface area contributed by atoms with Crippen LogP contribution in [0.3, 0.4) is 0 Å². The summed E-state index contributed by atoms with van der Waals surface area (Å²) in [4.78, 5) is 16.7.